The molecule has 1 N–H and O–H groups in total. The Bertz CT molecular complexity index is 944. The predicted molar refractivity (Wildman–Crippen MR) is 103 cm³/mol. The molecule has 1 amide bonds. The van der Waals surface area contributed by atoms with E-state index in [0.717, 1.165) is 30.8 Å². The van der Waals surface area contributed by atoms with E-state index in [2.05, 4.69) is 9.97 Å². The van der Waals surface area contributed by atoms with Gasteiger partial charge in [0.05, 0.1) is 10.5 Å². The summed E-state index contributed by atoms with van der Waals surface area (Å²) in [5, 5.41) is 0. The molecule has 1 atom stereocenters. The number of sulfonamides is 1. The number of carbonyl (C=O) groups excluding carboxylic acids is 1. The molecule has 152 valence electrons. The number of halogens is 1. The number of likely N-dealkylation sites (tertiary alicyclic amines) is 1. The lowest BCUT2D eigenvalue weighted by Crippen LogP contribution is -2.40. The van der Waals surface area contributed by atoms with Gasteiger partial charge in [-0.05, 0) is 44.9 Å². The molecule has 1 aromatic heterocycles. The van der Waals surface area contributed by atoms with Crippen molar-refractivity contribution < 1.29 is 17.6 Å². The van der Waals surface area contributed by atoms with Gasteiger partial charge in [0, 0.05) is 44.5 Å². The van der Waals surface area contributed by atoms with E-state index in [0.29, 0.717) is 13.1 Å². The minimum Gasteiger partial charge on any atom is -0.348 e. The Morgan fingerprint density at radius 2 is 2.14 bits per heavy atom. The number of piperidine rings is 1. The van der Waals surface area contributed by atoms with Crippen LogP contribution in [0.1, 0.15) is 48.8 Å². The normalized spacial score (nSPS) is 18.1. The third-order valence-corrected chi connectivity index (χ3v) is 7.22. The third-order valence-electron chi connectivity index (χ3n) is 5.19. The number of aromatic amines is 1. The maximum atomic E-state index is 14.4. The molecule has 1 fully saturated rings. The Morgan fingerprint density at radius 1 is 1.39 bits per heavy atom. The summed E-state index contributed by atoms with van der Waals surface area (Å²) in [7, 11) is -2.35. The van der Waals surface area contributed by atoms with Gasteiger partial charge < -0.3 is 9.88 Å². The van der Waals surface area contributed by atoms with Crippen molar-refractivity contribution in [2.75, 3.05) is 20.1 Å². The van der Waals surface area contributed by atoms with Crippen molar-refractivity contribution in [3.05, 3.63) is 47.8 Å². The molecule has 3 rings (SSSR count). The second-order valence-electron chi connectivity index (χ2n) is 7.32. The van der Waals surface area contributed by atoms with Crippen LogP contribution in [0.15, 0.2) is 35.5 Å². The molecule has 7 nitrogen and oxygen atoms in total. The van der Waals surface area contributed by atoms with E-state index < -0.39 is 21.7 Å². The molecule has 1 saturated heterocycles. The van der Waals surface area contributed by atoms with Gasteiger partial charge in [0.15, 0.2) is 0 Å². The Balaban J connectivity index is 1.87. The molecule has 0 aliphatic carbocycles. The van der Waals surface area contributed by atoms with E-state index in [1.165, 1.54) is 17.4 Å². The topological polar surface area (TPSA) is 86.4 Å². The van der Waals surface area contributed by atoms with E-state index in [4.69, 9.17) is 0 Å². The molecule has 0 bridgehead atoms. The second-order valence-corrected chi connectivity index (χ2v) is 9.32. The number of H-pyrrole nitrogens is 1. The Morgan fingerprint density at radius 3 is 2.79 bits per heavy atom. The Hall–Kier alpha value is -2.26. The van der Waals surface area contributed by atoms with E-state index in [9.17, 15) is 17.6 Å². The molecular formula is C19H25FN4O3S. The van der Waals surface area contributed by atoms with E-state index in [-0.39, 0.29) is 22.4 Å². The average Bonchev–Trinajstić information content (AvgIpc) is 3.22. The summed E-state index contributed by atoms with van der Waals surface area (Å²) in [6, 6.07) is 3.12. The predicted octanol–water partition coefficient (Wildman–Crippen LogP) is 2.60. The standard InChI is InChI=1S/C19H25FN4O3S/c1-13(2)23(3)28(26,27)15-6-7-17(20)16(11-15)19(25)24-10-4-5-14(12-24)18-21-8-9-22-18/h6-9,11,13-14H,4-5,10,12H2,1-3H3,(H,21,22). The molecular weight excluding hydrogens is 383 g/mol. The summed E-state index contributed by atoms with van der Waals surface area (Å²) < 4.78 is 41.0. The van der Waals surface area contributed by atoms with E-state index >= 15 is 0 Å². The summed E-state index contributed by atoms with van der Waals surface area (Å²) in [6.07, 6.45) is 5.05. The van der Waals surface area contributed by atoms with Crippen LogP contribution in [-0.2, 0) is 10.0 Å². The summed E-state index contributed by atoms with van der Waals surface area (Å²) in [6.45, 7) is 4.40. The average molecular weight is 408 g/mol. The molecule has 9 heteroatoms. The van der Waals surface area contributed by atoms with Crippen molar-refractivity contribution in [2.45, 2.75) is 43.5 Å². The highest BCUT2D eigenvalue weighted by Gasteiger charge is 2.30. The van der Waals surface area contributed by atoms with E-state index in [1.54, 1.807) is 31.1 Å². The van der Waals surface area contributed by atoms with Crippen LogP contribution < -0.4 is 0 Å². The fraction of sp³-hybridized carbons (Fsp3) is 0.474. The monoisotopic (exact) mass is 408 g/mol. The first kappa shape index (κ1) is 20.5. The molecule has 1 aliphatic rings. The number of amides is 1. The lowest BCUT2D eigenvalue weighted by atomic mass is 9.96. The number of hydrogen-bond acceptors (Lipinski definition) is 4. The van der Waals surface area contributed by atoms with Crippen LogP contribution >= 0.6 is 0 Å². The molecule has 1 aliphatic heterocycles. The van der Waals surface area contributed by atoms with Crippen molar-refractivity contribution in [3.8, 4) is 0 Å². The largest absolute Gasteiger partial charge is 0.348 e. The fourth-order valence-electron chi connectivity index (χ4n) is 3.33. The van der Waals surface area contributed by atoms with E-state index in [1.807, 2.05) is 0 Å². The van der Waals surface area contributed by atoms with Gasteiger partial charge in [-0.15, -0.1) is 0 Å². The van der Waals surface area contributed by atoms with Gasteiger partial charge in [-0.25, -0.2) is 17.8 Å². The highest BCUT2D eigenvalue weighted by Crippen LogP contribution is 2.27. The van der Waals surface area contributed by atoms with Crippen LogP contribution in [-0.4, -0.2) is 59.7 Å². The smallest absolute Gasteiger partial charge is 0.256 e. The SMILES string of the molecule is CC(C)N(C)S(=O)(=O)c1ccc(F)c(C(=O)N2CCCC(c3ncc[nH]3)C2)c1. The van der Waals surface area contributed by atoms with Gasteiger partial charge >= 0.3 is 0 Å². The minimum absolute atomic E-state index is 0.0507. The van der Waals surface area contributed by atoms with Gasteiger partial charge in [0.25, 0.3) is 5.91 Å². The number of nitrogens with one attached hydrogen (secondary N) is 1. The first-order valence-corrected chi connectivity index (χ1v) is 10.7. The number of hydrogen-bond donors (Lipinski definition) is 1. The van der Waals surface area contributed by atoms with Crippen LogP contribution in [0.3, 0.4) is 0 Å². The first-order chi connectivity index (χ1) is 13.2. The van der Waals surface area contributed by atoms with Crippen LogP contribution in [0.25, 0.3) is 0 Å². The maximum Gasteiger partial charge on any atom is 0.256 e. The van der Waals surface area contributed by atoms with Crippen molar-refractivity contribution in [1.82, 2.24) is 19.2 Å². The van der Waals surface area contributed by atoms with Gasteiger partial charge in [-0.3, -0.25) is 4.79 Å². The third kappa shape index (κ3) is 3.95. The molecule has 1 aromatic carbocycles. The molecule has 0 spiro atoms. The van der Waals surface area contributed by atoms with Crippen LogP contribution in [0.2, 0.25) is 0 Å². The molecule has 2 heterocycles. The summed E-state index contributed by atoms with van der Waals surface area (Å²) >= 11 is 0. The lowest BCUT2D eigenvalue weighted by molar-refractivity contribution is 0.0699. The molecule has 28 heavy (non-hydrogen) atoms. The minimum atomic E-state index is -3.81. The first-order valence-electron chi connectivity index (χ1n) is 9.28. The molecule has 0 radical (unpaired) electrons. The van der Waals surface area contributed by atoms with Crippen molar-refractivity contribution in [1.29, 1.82) is 0 Å². The Labute approximate surface area is 164 Å². The van der Waals surface area contributed by atoms with Gasteiger partial charge in [-0.1, -0.05) is 0 Å². The number of imidazole rings is 1. The summed E-state index contributed by atoms with van der Waals surface area (Å²) in [5.74, 6) is -0.378. The van der Waals surface area contributed by atoms with Crippen molar-refractivity contribution >= 4 is 15.9 Å². The number of carbonyl (C=O) groups is 1. The summed E-state index contributed by atoms with van der Waals surface area (Å²) in [4.78, 5) is 21.8. The number of rotatable bonds is 5. The van der Waals surface area contributed by atoms with Gasteiger partial charge in [-0.2, -0.15) is 4.31 Å². The zero-order valence-corrected chi connectivity index (χ0v) is 17.0. The lowest BCUT2D eigenvalue weighted by Gasteiger charge is -2.32. The molecule has 2 aromatic rings. The zero-order chi connectivity index (χ0) is 20.5. The number of aromatic nitrogens is 2. The van der Waals surface area contributed by atoms with Crippen LogP contribution in [0, 0.1) is 5.82 Å². The number of nitrogens with zero attached hydrogens (tertiary/aromatic N) is 3. The fourth-order valence-corrected chi connectivity index (χ4v) is 4.72. The molecule has 1 unspecified atom stereocenters. The summed E-state index contributed by atoms with van der Waals surface area (Å²) in [5.41, 5.74) is -0.224. The van der Waals surface area contributed by atoms with Gasteiger partial charge in [0.1, 0.15) is 11.6 Å². The van der Waals surface area contributed by atoms with Crippen LogP contribution in [0.5, 0.6) is 0 Å². The van der Waals surface area contributed by atoms with Gasteiger partial charge in [0.2, 0.25) is 10.0 Å². The second kappa shape index (κ2) is 8.00. The number of benzene rings is 1. The van der Waals surface area contributed by atoms with Crippen molar-refractivity contribution in [3.63, 3.8) is 0 Å². The zero-order valence-electron chi connectivity index (χ0n) is 16.2. The highest BCUT2D eigenvalue weighted by atomic mass is 32.2. The van der Waals surface area contributed by atoms with Crippen LogP contribution in [0.4, 0.5) is 4.39 Å². The highest BCUT2D eigenvalue weighted by molar-refractivity contribution is 7.89. The molecule has 0 saturated carbocycles. The van der Waals surface area contributed by atoms with Crippen molar-refractivity contribution in [2.24, 2.45) is 0 Å². The maximum absolute atomic E-state index is 14.4. The quantitative estimate of drug-likeness (QED) is 0.824. The Kier molecular flexibility index (Phi) is 5.85.